The largest absolute Gasteiger partial charge is 0.381 e. The molecule has 0 bridgehead atoms. The van der Waals surface area contributed by atoms with Gasteiger partial charge < -0.3 is 5.32 Å². The van der Waals surface area contributed by atoms with Crippen molar-refractivity contribution in [1.29, 1.82) is 0 Å². The van der Waals surface area contributed by atoms with Gasteiger partial charge in [0.1, 0.15) is 0 Å². The quantitative estimate of drug-likeness (QED) is 0.902. The van der Waals surface area contributed by atoms with Crippen LogP contribution in [0, 0.1) is 0 Å². The van der Waals surface area contributed by atoms with Crippen LogP contribution in [0.3, 0.4) is 0 Å². The van der Waals surface area contributed by atoms with Gasteiger partial charge in [0.05, 0.1) is 5.69 Å². The van der Waals surface area contributed by atoms with E-state index in [0.29, 0.717) is 0 Å². The van der Waals surface area contributed by atoms with Gasteiger partial charge in [-0.05, 0) is 24.6 Å². The van der Waals surface area contributed by atoms with E-state index in [1.165, 1.54) is 5.56 Å². The normalized spacial score (nSPS) is 10.5. The van der Waals surface area contributed by atoms with Gasteiger partial charge in [-0.2, -0.15) is 5.10 Å². The number of anilines is 1. The Morgan fingerprint density at radius 2 is 2.24 bits per heavy atom. The standard InChI is InChI=1S/C13H16ClN3/c1-3-13-10(9-17(2)16-13)8-15-12-6-4-5-11(14)7-12/h4-7,9,15H,3,8H2,1-2H3. The fraction of sp³-hybridized carbons (Fsp3) is 0.308. The van der Waals surface area contributed by atoms with E-state index in [1.807, 2.05) is 36.0 Å². The van der Waals surface area contributed by atoms with Crippen LogP contribution in [0.5, 0.6) is 0 Å². The minimum Gasteiger partial charge on any atom is -0.381 e. The third-order valence-electron chi connectivity index (χ3n) is 2.63. The van der Waals surface area contributed by atoms with Crippen LogP contribution >= 0.6 is 11.6 Å². The fourth-order valence-corrected chi connectivity index (χ4v) is 2.01. The van der Waals surface area contributed by atoms with Crippen molar-refractivity contribution in [1.82, 2.24) is 9.78 Å². The Bertz CT molecular complexity index is 505. The molecule has 0 amide bonds. The Morgan fingerprint density at radius 1 is 1.41 bits per heavy atom. The lowest BCUT2D eigenvalue weighted by molar-refractivity contribution is 0.746. The number of hydrogen-bond donors (Lipinski definition) is 1. The van der Waals surface area contributed by atoms with Crippen molar-refractivity contribution in [3.05, 3.63) is 46.7 Å². The molecule has 0 aliphatic heterocycles. The SMILES string of the molecule is CCc1nn(C)cc1CNc1cccc(Cl)c1. The monoisotopic (exact) mass is 249 g/mol. The molecule has 2 rings (SSSR count). The molecule has 1 N–H and O–H groups in total. The maximum absolute atomic E-state index is 5.93. The second-order valence-electron chi connectivity index (χ2n) is 3.99. The molecule has 1 heterocycles. The molecule has 0 aliphatic rings. The van der Waals surface area contributed by atoms with E-state index < -0.39 is 0 Å². The van der Waals surface area contributed by atoms with Gasteiger partial charge in [0.25, 0.3) is 0 Å². The summed E-state index contributed by atoms with van der Waals surface area (Å²) in [4.78, 5) is 0. The van der Waals surface area contributed by atoms with Gasteiger partial charge in [-0.25, -0.2) is 0 Å². The number of nitrogens with one attached hydrogen (secondary N) is 1. The highest BCUT2D eigenvalue weighted by atomic mass is 35.5. The van der Waals surface area contributed by atoms with Crippen LogP contribution in [0.15, 0.2) is 30.5 Å². The molecule has 4 heteroatoms. The zero-order valence-electron chi connectivity index (χ0n) is 10.1. The lowest BCUT2D eigenvalue weighted by Crippen LogP contribution is -2.00. The molecule has 0 fully saturated rings. The van der Waals surface area contributed by atoms with Crippen molar-refractivity contribution in [2.75, 3.05) is 5.32 Å². The Labute approximate surface area is 106 Å². The molecule has 0 unspecified atom stereocenters. The zero-order valence-corrected chi connectivity index (χ0v) is 10.8. The van der Waals surface area contributed by atoms with Crippen molar-refractivity contribution in [2.45, 2.75) is 19.9 Å². The number of halogens is 1. The predicted molar refractivity (Wildman–Crippen MR) is 71.4 cm³/mol. The van der Waals surface area contributed by atoms with Crippen molar-refractivity contribution < 1.29 is 0 Å². The number of rotatable bonds is 4. The highest BCUT2D eigenvalue weighted by Gasteiger charge is 2.05. The van der Waals surface area contributed by atoms with Gasteiger partial charge in [0, 0.05) is 36.1 Å². The lowest BCUT2D eigenvalue weighted by Gasteiger charge is -2.06. The molecule has 0 spiro atoms. The molecule has 0 aliphatic carbocycles. The molecule has 2 aromatic rings. The molecular formula is C13H16ClN3. The van der Waals surface area contributed by atoms with E-state index in [-0.39, 0.29) is 0 Å². The number of aromatic nitrogens is 2. The number of aryl methyl sites for hydroxylation is 2. The van der Waals surface area contributed by atoms with Crippen LogP contribution in [-0.4, -0.2) is 9.78 Å². The minimum atomic E-state index is 0.747. The molecule has 1 aromatic heterocycles. The van der Waals surface area contributed by atoms with Crippen LogP contribution in [0.2, 0.25) is 5.02 Å². The van der Waals surface area contributed by atoms with Crippen molar-refractivity contribution in [3.8, 4) is 0 Å². The summed E-state index contributed by atoms with van der Waals surface area (Å²) < 4.78 is 1.85. The third kappa shape index (κ3) is 3.01. The molecule has 17 heavy (non-hydrogen) atoms. The summed E-state index contributed by atoms with van der Waals surface area (Å²) in [6, 6.07) is 7.74. The summed E-state index contributed by atoms with van der Waals surface area (Å²) in [6.45, 7) is 2.89. The lowest BCUT2D eigenvalue weighted by atomic mass is 10.2. The average molecular weight is 250 g/mol. The predicted octanol–water partition coefficient (Wildman–Crippen LogP) is 3.25. The molecule has 3 nitrogen and oxygen atoms in total. The second-order valence-corrected chi connectivity index (χ2v) is 4.43. The summed E-state index contributed by atoms with van der Waals surface area (Å²) in [5.74, 6) is 0. The van der Waals surface area contributed by atoms with Gasteiger partial charge in [0.2, 0.25) is 0 Å². The molecule has 0 atom stereocenters. The Balaban J connectivity index is 2.06. The highest BCUT2D eigenvalue weighted by Crippen LogP contribution is 2.16. The molecule has 90 valence electrons. The van der Waals surface area contributed by atoms with E-state index in [2.05, 4.69) is 23.5 Å². The van der Waals surface area contributed by atoms with Gasteiger partial charge >= 0.3 is 0 Å². The first-order valence-corrected chi connectivity index (χ1v) is 6.07. The first kappa shape index (κ1) is 12.0. The fourth-order valence-electron chi connectivity index (χ4n) is 1.82. The summed E-state index contributed by atoms with van der Waals surface area (Å²) in [5.41, 5.74) is 3.40. The van der Waals surface area contributed by atoms with E-state index in [4.69, 9.17) is 11.6 Å². The van der Waals surface area contributed by atoms with Crippen LogP contribution in [-0.2, 0) is 20.0 Å². The molecule has 1 aromatic carbocycles. The number of benzene rings is 1. The summed E-state index contributed by atoms with van der Waals surface area (Å²) in [6.07, 6.45) is 3.00. The third-order valence-corrected chi connectivity index (χ3v) is 2.87. The molecule has 0 radical (unpaired) electrons. The van der Waals surface area contributed by atoms with Crippen LogP contribution in [0.1, 0.15) is 18.2 Å². The summed E-state index contributed by atoms with van der Waals surface area (Å²) >= 11 is 5.93. The van der Waals surface area contributed by atoms with Crippen molar-refractivity contribution in [2.24, 2.45) is 7.05 Å². The summed E-state index contributed by atoms with van der Waals surface area (Å²) in [7, 11) is 1.95. The zero-order chi connectivity index (χ0) is 12.3. The topological polar surface area (TPSA) is 29.9 Å². The van der Waals surface area contributed by atoms with Gasteiger partial charge in [-0.15, -0.1) is 0 Å². The van der Waals surface area contributed by atoms with E-state index in [1.54, 1.807) is 0 Å². The summed E-state index contributed by atoms with van der Waals surface area (Å²) in [5, 5.41) is 8.51. The van der Waals surface area contributed by atoms with E-state index in [0.717, 1.165) is 29.4 Å². The van der Waals surface area contributed by atoms with Crippen molar-refractivity contribution in [3.63, 3.8) is 0 Å². The molecule has 0 saturated carbocycles. The first-order valence-electron chi connectivity index (χ1n) is 5.70. The highest BCUT2D eigenvalue weighted by molar-refractivity contribution is 6.30. The maximum Gasteiger partial charge on any atom is 0.0671 e. The van der Waals surface area contributed by atoms with E-state index >= 15 is 0 Å². The number of hydrogen-bond acceptors (Lipinski definition) is 2. The first-order chi connectivity index (χ1) is 8.19. The Morgan fingerprint density at radius 3 is 2.94 bits per heavy atom. The van der Waals surface area contributed by atoms with Gasteiger partial charge in [-0.1, -0.05) is 24.6 Å². The molecular weight excluding hydrogens is 234 g/mol. The Kier molecular flexibility index (Phi) is 3.69. The molecule has 0 saturated heterocycles. The van der Waals surface area contributed by atoms with Gasteiger partial charge in [0.15, 0.2) is 0 Å². The van der Waals surface area contributed by atoms with Crippen LogP contribution < -0.4 is 5.32 Å². The minimum absolute atomic E-state index is 0.747. The van der Waals surface area contributed by atoms with Crippen LogP contribution in [0.4, 0.5) is 5.69 Å². The second kappa shape index (κ2) is 5.23. The number of nitrogens with zero attached hydrogens (tertiary/aromatic N) is 2. The average Bonchev–Trinajstić information content (AvgIpc) is 2.67. The smallest absolute Gasteiger partial charge is 0.0671 e. The Hall–Kier alpha value is -1.48. The van der Waals surface area contributed by atoms with Gasteiger partial charge in [-0.3, -0.25) is 4.68 Å². The van der Waals surface area contributed by atoms with Crippen molar-refractivity contribution >= 4 is 17.3 Å². The maximum atomic E-state index is 5.93. The van der Waals surface area contributed by atoms with Crippen LogP contribution in [0.25, 0.3) is 0 Å². The van der Waals surface area contributed by atoms with E-state index in [9.17, 15) is 0 Å².